The van der Waals surface area contributed by atoms with Gasteiger partial charge in [0.2, 0.25) is 23.5 Å². The van der Waals surface area contributed by atoms with Crippen LogP contribution in [-0.4, -0.2) is 131 Å². The van der Waals surface area contributed by atoms with Gasteiger partial charge in [0.15, 0.2) is 5.82 Å². The van der Waals surface area contributed by atoms with Gasteiger partial charge >= 0.3 is 16.2 Å². The number of aromatic nitrogens is 4. The fourth-order valence-electron chi connectivity index (χ4n) is 7.96. The van der Waals surface area contributed by atoms with Crippen molar-refractivity contribution in [1.82, 2.24) is 34.5 Å². The Labute approximate surface area is 365 Å². The number of piperazine rings is 1. The molecule has 22 heteroatoms. The molecule has 3 aromatic heterocycles. The zero-order chi connectivity index (χ0) is 45.5. The van der Waals surface area contributed by atoms with Gasteiger partial charge in [0.25, 0.3) is 0 Å². The number of H-pyrrole nitrogens is 1. The number of aliphatic hydroxyl groups is 1. The number of rotatable bonds is 12. The molecule has 0 atom stereocenters. The fourth-order valence-corrected chi connectivity index (χ4v) is 8.90. The number of piperidine rings is 1. The van der Waals surface area contributed by atoms with E-state index in [0.29, 0.717) is 67.7 Å². The molecule has 0 unspecified atom stereocenters. The molecule has 0 radical (unpaired) electrons. The van der Waals surface area contributed by atoms with Gasteiger partial charge in [-0.2, -0.15) is 12.7 Å². The van der Waals surface area contributed by atoms with Crippen LogP contribution in [0, 0.1) is 17.5 Å². The first-order chi connectivity index (χ1) is 30.5. The van der Waals surface area contributed by atoms with Crippen LogP contribution in [0.15, 0.2) is 61.2 Å². The lowest BCUT2D eigenvalue weighted by Gasteiger charge is -2.41. The number of anilines is 4. The van der Waals surface area contributed by atoms with Crippen LogP contribution < -0.4 is 24.7 Å². The van der Waals surface area contributed by atoms with Gasteiger partial charge in [-0.1, -0.05) is 6.92 Å². The van der Waals surface area contributed by atoms with Gasteiger partial charge in [0.05, 0.1) is 29.0 Å². The monoisotopic (exact) mass is 903 g/mol. The third-order valence-electron chi connectivity index (χ3n) is 11.9. The Bertz CT molecular complexity index is 2760. The number of urea groups is 1. The number of carbonyl (C=O) groups is 4. The van der Waals surface area contributed by atoms with Crippen molar-refractivity contribution in [3.63, 3.8) is 0 Å². The molecule has 336 valence electrons. The second-order valence-electron chi connectivity index (χ2n) is 15.9. The van der Waals surface area contributed by atoms with E-state index in [-0.39, 0.29) is 67.2 Å². The maximum absolute atomic E-state index is 15.6. The first-order valence-corrected chi connectivity index (χ1v) is 22.0. The highest BCUT2D eigenvalue weighted by Gasteiger charge is 2.37. The van der Waals surface area contributed by atoms with Crippen LogP contribution in [0.3, 0.4) is 0 Å². The zero-order valence-electron chi connectivity index (χ0n) is 34.8. The van der Waals surface area contributed by atoms with Gasteiger partial charge in [-0.05, 0) is 49.2 Å². The SMILES string of the molecule is CCN(C)S(=O)(=O)Nc1ccc(F)c(C(=O)c2c[nH]c3ncc(-c4cnc(N5CCN(C(=O)CC6(O)CCN(c7ccc(N8CCC(=O)NC8=O)cc7F)CC6)CC5)nc4)cc23)c1F. The Morgan fingerprint density at radius 2 is 1.59 bits per heavy atom. The Morgan fingerprint density at radius 1 is 0.891 bits per heavy atom. The summed E-state index contributed by atoms with van der Waals surface area (Å²) in [6, 6.07) is 7.15. The summed E-state index contributed by atoms with van der Waals surface area (Å²) in [5, 5.41) is 13.9. The quantitative estimate of drug-likeness (QED) is 0.132. The second-order valence-corrected chi connectivity index (χ2v) is 17.7. The average Bonchev–Trinajstić information content (AvgIpc) is 3.71. The summed E-state index contributed by atoms with van der Waals surface area (Å²) in [6.45, 7) is 4.02. The predicted molar refractivity (Wildman–Crippen MR) is 229 cm³/mol. The molecular weight excluding hydrogens is 860 g/mol. The molecule has 4 N–H and O–H groups in total. The van der Waals surface area contributed by atoms with Crippen LogP contribution in [0.2, 0.25) is 0 Å². The van der Waals surface area contributed by atoms with Gasteiger partial charge in [-0.25, -0.2) is 32.9 Å². The lowest BCUT2D eigenvalue weighted by Crippen LogP contribution is -2.52. The molecule has 8 rings (SSSR count). The van der Waals surface area contributed by atoms with E-state index < -0.39 is 56.3 Å². The molecule has 18 nitrogen and oxygen atoms in total. The summed E-state index contributed by atoms with van der Waals surface area (Å²) in [4.78, 5) is 73.7. The summed E-state index contributed by atoms with van der Waals surface area (Å²) in [5.74, 6) is -4.29. The maximum Gasteiger partial charge on any atom is 0.328 e. The minimum absolute atomic E-state index is 0.0831. The largest absolute Gasteiger partial charge is 0.389 e. The van der Waals surface area contributed by atoms with Crippen LogP contribution in [0.4, 0.5) is 41.0 Å². The minimum atomic E-state index is -4.17. The first kappa shape index (κ1) is 44.0. The Balaban J connectivity index is 0.862. The van der Waals surface area contributed by atoms with Gasteiger partial charge < -0.3 is 24.8 Å². The van der Waals surface area contributed by atoms with E-state index in [1.165, 1.54) is 30.4 Å². The van der Waals surface area contributed by atoms with E-state index in [9.17, 15) is 32.7 Å². The number of imide groups is 1. The number of nitrogens with one attached hydrogen (secondary N) is 3. The van der Waals surface area contributed by atoms with Crippen LogP contribution in [0.1, 0.15) is 48.5 Å². The van der Waals surface area contributed by atoms with E-state index in [4.69, 9.17) is 0 Å². The molecule has 3 fully saturated rings. The molecule has 64 heavy (non-hydrogen) atoms. The standard InChI is InChI=1S/C42H44F3N11O7S/c1-3-52(2)64(62,63)51-32-6-5-30(43)36(37(32)45)38(59)29-24-47-39-28(29)18-25(21-46-39)26-22-48-40(49-23-26)55-16-14-54(15-17-55)35(58)20-42(61)9-12-53(13-10-42)33-7-4-27(19-31(33)44)56-11-8-34(57)50-41(56)60/h4-7,18-19,21-24,51,61H,3,8-17,20H2,1-2H3,(H,46,47)(H,50,57,60). The van der Waals surface area contributed by atoms with Crippen molar-refractivity contribution in [2.45, 2.75) is 38.2 Å². The number of hydrogen-bond donors (Lipinski definition) is 4. The molecule has 2 aromatic carbocycles. The van der Waals surface area contributed by atoms with Crippen molar-refractivity contribution in [2.24, 2.45) is 0 Å². The van der Waals surface area contributed by atoms with Crippen LogP contribution in [0.25, 0.3) is 22.2 Å². The average molecular weight is 904 g/mol. The van der Waals surface area contributed by atoms with Crippen molar-refractivity contribution in [3.05, 3.63) is 89.8 Å². The van der Waals surface area contributed by atoms with Gasteiger partial charge in [0.1, 0.15) is 17.3 Å². The van der Waals surface area contributed by atoms with Crippen molar-refractivity contribution < 1.29 is 45.9 Å². The summed E-state index contributed by atoms with van der Waals surface area (Å²) >= 11 is 0. The van der Waals surface area contributed by atoms with Gasteiger partial charge in [0, 0.05) is 118 Å². The first-order valence-electron chi connectivity index (χ1n) is 20.5. The summed E-state index contributed by atoms with van der Waals surface area (Å²) < 4.78 is 73.9. The molecular formula is C42H44F3N11O7S. The second kappa shape index (κ2) is 17.5. The Morgan fingerprint density at radius 3 is 2.27 bits per heavy atom. The number of halogens is 3. The molecule has 5 aromatic rings. The number of nitrogens with zero attached hydrogens (tertiary/aromatic N) is 8. The number of hydrogen-bond acceptors (Lipinski definition) is 12. The molecule has 0 aliphatic carbocycles. The van der Waals surface area contributed by atoms with E-state index in [1.54, 1.807) is 47.3 Å². The Hall–Kier alpha value is -6.65. The minimum Gasteiger partial charge on any atom is -0.389 e. The van der Waals surface area contributed by atoms with Gasteiger partial charge in [-0.3, -0.25) is 29.3 Å². The smallest absolute Gasteiger partial charge is 0.328 e. The molecule has 3 aliphatic heterocycles. The lowest BCUT2D eigenvalue weighted by atomic mass is 9.87. The summed E-state index contributed by atoms with van der Waals surface area (Å²) in [5.41, 5.74) is -0.948. The normalized spacial score (nSPS) is 17.0. The molecule has 0 bridgehead atoms. The molecule has 6 heterocycles. The summed E-state index contributed by atoms with van der Waals surface area (Å²) in [7, 11) is -2.89. The highest BCUT2D eigenvalue weighted by molar-refractivity contribution is 7.90. The number of ketones is 1. The molecule has 3 aliphatic rings. The third-order valence-corrected chi connectivity index (χ3v) is 13.4. The number of fused-ring (bicyclic) bond motifs is 1. The number of pyridine rings is 1. The number of aromatic amines is 1. The topological polar surface area (TPSA) is 217 Å². The van der Waals surface area contributed by atoms with Crippen LogP contribution in [0.5, 0.6) is 0 Å². The van der Waals surface area contributed by atoms with Crippen molar-refractivity contribution >= 4 is 67.9 Å². The number of amides is 4. The lowest BCUT2D eigenvalue weighted by molar-refractivity contribution is -0.137. The zero-order valence-corrected chi connectivity index (χ0v) is 35.6. The van der Waals surface area contributed by atoms with E-state index in [1.807, 2.05) is 4.90 Å². The van der Waals surface area contributed by atoms with Crippen LogP contribution in [-0.2, 0) is 19.8 Å². The highest BCUT2D eigenvalue weighted by atomic mass is 32.2. The van der Waals surface area contributed by atoms with E-state index in [0.717, 1.165) is 16.4 Å². The molecule has 0 saturated carbocycles. The van der Waals surface area contributed by atoms with E-state index >= 15 is 13.2 Å². The van der Waals surface area contributed by atoms with E-state index in [2.05, 4.69) is 30.0 Å². The molecule has 3 saturated heterocycles. The fraction of sp³-hybridized carbons (Fsp3) is 0.357. The van der Waals surface area contributed by atoms with Crippen molar-refractivity contribution in [1.29, 1.82) is 0 Å². The molecule has 0 spiro atoms. The summed E-state index contributed by atoms with van der Waals surface area (Å²) in [6.07, 6.45) is 6.45. The van der Waals surface area contributed by atoms with Crippen molar-refractivity contribution in [3.8, 4) is 11.1 Å². The maximum atomic E-state index is 15.6. The number of carbonyl (C=O) groups excluding carboxylic acids is 4. The van der Waals surface area contributed by atoms with Crippen LogP contribution >= 0.6 is 0 Å². The highest BCUT2D eigenvalue weighted by Crippen LogP contribution is 2.34. The third kappa shape index (κ3) is 8.79. The van der Waals surface area contributed by atoms with Gasteiger partial charge in [-0.15, -0.1) is 0 Å². The van der Waals surface area contributed by atoms with Crippen molar-refractivity contribution in [2.75, 3.05) is 78.8 Å². The predicted octanol–water partition coefficient (Wildman–Crippen LogP) is 3.79. The number of benzene rings is 2. The molecule has 4 amide bonds. The Kier molecular flexibility index (Phi) is 12.0.